The Kier molecular flexibility index (Phi) is 6.37. The second-order valence-corrected chi connectivity index (χ2v) is 9.35. The summed E-state index contributed by atoms with van der Waals surface area (Å²) in [6, 6.07) is 10.4. The average molecular weight is 448 g/mol. The van der Waals surface area contributed by atoms with Crippen molar-refractivity contribution >= 4 is 33.2 Å². The number of hydrogen-bond acceptors (Lipinski definition) is 6. The maximum absolute atomic E-state index is 13.2. The van der Waals surface area contributed by atoms with Gasteiger partial charge in [-0.3, -0.25) is 9.59 Å². The third-order valence-corrected chi connectivity index (χ3v) is 6.89. The van der Waals surface area contributed by atoms with Crippen LogP contribution in [0.5, 0.6) is 0 Å². The Hall–Kier alpha value is -2.98. The van der Waals surface area contributed by atoms with E-state index in [1.54, 1.807) is 32.0 Å². The van der Waals surface area contributed by atoms with E-state index in [1.807, 2.05) is 0 Å². The van der Waals surface area contributed by atoms with Crippen LogP contribution in [0.2, 0.25) is 0 Å². The second-order valence-electron chi connectivity index (χ2n) is 6.50. The SMILES string of the molecule is Cc1ccc(C)c(S(=O)(=O)c2cnc(SCC(=O)Nc3cccc(F)c3)[nH]c2=O)c1. The molecule has 2 aromatic carbocycles. The molecule has 1 aromatic heterocycles. The molecule has 0 fully saturated rings. The van der Waals surface area contributed by atoms with Crippen molar-refractivity contribution in [3.63, 3.8) is 0 Å². The number of aryl methyl sites for hydroxylation is 2. The van der Waals surface area contributed by atoms with Gasteiger partial charge < -0.3 is 10.3 Å². The highest BCUT2D eigenvalue weighted by Crippen LogP contribution is 2.23. The molecule has 10 heteroatoms. The molecule has 156 valence electrons. The van der Waals surface area contributed by atoms with Crippen LogP contribution < -0.4 is 10.9 Å². The number of aromatic nitrogens is 2. The van der Waals surface area contributed by atoms with E-state index in [2.05, 4.69) is 15.3 Å². The van der Waals surface area contributed by atoms with Crippen LogP contribution in [-0.4, -0.2) is 30.0 Å². The molecule has 0 aliphatic rings. The lowest BCUT2D eigenvalue weighted by atomic mass is 10.2. The summed E-state index contributed by atoms with van der Waals surface area (Å²) in [6.45, 7) is 3.41. The molecule has 0 radical (unpaired) electrons. The van der Waals surface area contributed by atoms with Crippen molar-refractivity contribution in [1.29, 1.82) is 0 Å². The molecule has 0 aliphatic carbocycles. The van der Waals surface area contributed by atoms with Gasteiger partial charge in [-0.25, -0.2) is 17.8 Å². The monoisotopic (exact) mass is 447 g/mol. The van der Waals surface area contributed by atoms with E-state index >= 15 is 0 Å². The molecule has 0 atom stereocenters. The smallest absolute Gasteiger partial charge is 0.270 e. The van der Waals surface area contributed by atoms with E-state index in [4.69, 9.17) is 0 Å². The number of benzene rings is 2. The zero-order valence-corrected chi connectivity index (χ0v) is 17.7. The number of H-pyrrole nitrogens is 1. The van der Waals surface area contributed by atoms with Gasteiger partial charge in [-0.2, -0.15) is 0 Å². The largest absolute Gasteiger partial charge is 0.325 e. The predicted molar refractivity (Wildman–Crippen MR) is 112 cm³/mol. The number of carbonyl (C=O) groups excluding carboxylic acids is 1. The minimum absolute atomic E-state index is 0.0460. The van der Waals surface area contributed by atoms with Crippen LogP contribution in [-0.2, 0) is 14.6 Å². The summed E-state index contributed by atoms with van der Waals surface area (Å²) in [5, 5.41) is 2.61. The zero-order chi connectivity index (χ0) is 21.9. The van der Waals surface area contributed by atoms with Crippen LogP contribution in [0.4, 0.5) is 10.1 Å². The minimum atomic E-state index is -4.05. The van der Waals surface area contributed by atoms with Crippen LogP contribution in [0.15, 0.2) is 68.4 Å². The molecule has 0 saturated heterocycles. The molecule has 3 aromatic rings. The van der Waals surface area contributed by atoms with Gasteiger partial charge in [0, 0.05) is 5.69 Å². The van der Waals surface area contributed by atoms with Gasteiger partial charge in [0.15, 0.2) is 10.1 Å². The van der Waals surface area contributed by atoms with E-state index in [9.17, 15) is 22.4 Å². The minimum Gasteiger partial charge on any atom is -0.325 e. The molecule has 0 aliphatic heterocycles. The molecule has 2 N–H and O–H groups in total. The molecule has 0 saturated carbocycles. The van der Waals surface area contributed by atoms with Crippen molar-refractivity contribution in [2.45, 2.75) is 28.8 Å². The first-order valence-electron chi connectivity index (χ1n) is 8.77. The van der Waals surface area contributed by atoms with Gasteiger partial charge in [-0.05, 0) is 49.2 Å². The Morgan fingerprint density at radius 3 is 2.63 bits per heavy atom. The molecule has 1 heterocycles. The third-order valence-electron chi connectivity index (χ3n) is 4.11. The molecule has 30 heavy (non-hydrogen) atoms. The molecule has 3 rings (SSSR count). The van der Waals surface area contributed by atoms with Crippen LogP contribution in [0, 0.1) is 19.7 Å². The van der Waals surface area contributed by atoms with E-state index in [0.717, 1.165) is 23.5 Å². The maximum atomic E-state index is 13.2. The van der Waals surface area contributed by atoms with Crippen LogP contribution in [0.25, 0.3) is 0 Å². The summed E-state index contributed by atoms with van der Waals surface area (Å²) < 4.78 is 38.9. The number of halogens is 1. The molecular formula is C20H18FN3O4S2. The molecule has 0 unspecified atom stereocenters. The van der Waals surface area contributed by atoms with Gasteiger partial charge in [0.25, 0.3) is 5.56 Å². The van der Waals surface area contributed by atoms with Gasteiger partial charge in [-0.15, -0.1) is 0 Å². The summed E-state index contributed by atoms with van der Waals surface area (Å²) in [6.07, 6.45) is 0.989. The first-order chi connectivity index (χ1) is 14.2. The number of carbonyl (C=O) groups is 1. The van der Waals surface area contributed by atoms with Gasteiger partial charge in [-0.1, -0.05) is 30.0 Å². The molecule has 7 nitrogen and oxygen atoms in total. The van der Waals surface area contributed by atoms with Crippen LogP contribution in [0.3, 0.4) is 0 Å². The van der Waals surface area contributed by atoms with Gasteiger partial charge >= 0.3 is 0 Å². The lowest BCUT2D eigenvalue weighted by Gasteiger charge is -2.09. The Labute approximate surface area is 176 Å². The number of hydrogen-bond donors (Lipinski definition) is 2. The number of rotatable bonds is 6. The van der Waals surface area contributed by atoms with E-state index in [-0.39, 0.29) is 15.8 Å². The number of thioether (sulfide) groups is 1. The highest BCUT2D eigenvalue weighted by atomic mass is 32.2. The van der Waals surface area contributed by atoms with Crippen molar-refractivity contribution in [3.05, 3.63) is 76.0 Å². The van der Waals surface area contributed by atoms with Gasteiger partial charge in [0.2, 0.25) is 15.7 Å². The Morgan fingerprint density at radius 2 is 1.93 bits per heavy atom. The van der Waals surface area contributed by atoms with Crippen molar-refractivity contribution in [1.82, 2.24) is 9.97 Å². The average Bonchev–Trinajstić information content (AvgIpc) is 2.68. The summed E-state index contributed by atoms with van der Waals surface area (Å²) in [7, 11) is -4.05. The highest BCUT2D eigenvalue weighted by molar-refractivity contribution is 7.99. The highest BCUT2D eigenvalue weighted by Gasteiger charge is 2.24. The first-order valence-corrected chi connectivity index (χ1v) is 11.2. The summed E-state index contributed by atoms with van der Waals surface area (Å²) >= 11 is 0.920. The fourth-order valence-corrected chi connectivity index (χ4v) is 4.83. The molecule has 0 bridgehead atoms. The lowest BCUT2D eigenvalue weighted by Crippen LogP contribution is -2.20. The fraction of sp³-hybridized carbons (Fsp3) is 0.150. The predicted octanol–water partition coefficient (Wildman–Crippen LogP) is 3.09. The first kappa shape index (κ1) is 21.7. The molecule has 1 amide bonds. The lowest BCUT2D eigenvalue weighted by molar-refractivity contribution is -0.113. The Balaban J connectivity index is 1.74. The Morgan fingerprint density at radius 1 is 1.17 bits per heavy atom. The van der Waals surface area contributed by atoms with Crippen molar-refractivity contribution in [2.75, 3.05) is 11.1 Å². The zero-order valence-electron chi connectivity index (χ0n) is 16.1. The Bertz CT molecular complexity index is 1270. The number of nitrogens with one attached hydrogen (secondary N) is 2. The summed E-state index contributed by atoms with van der Waals surface area (Å²) in [4.78, 5) is 30.3. The van der Waals surface area contributed by atoms with Crippen molar-refractivity contribution in [3.8, 4) is 0 Å². The standard InChI is InChI=1S/C20H18FN3O4S2/c1-12-6-7-13(2)16(8-12)30(27,28)17-10-22-20(24-19(17)26)29-11-18(25)23-15-5-3-4-14(21)9-15/h3-10H,11H2,1-2H3,(H,23,25)(H,22,24,26). The second kappa shape index (κ2) is 8.80. The van der Waals surface area contributed by atoms with Crippen molar-refractivity contribution < 1.29 is 17.6 Å². The number of aromatic amines is 1. The topological polar surface area (TPSA) is 109 Å². The van der Waals surface area contributed by atoms with Crippen LogP contribution >= 0.6 is 11.8 Å². The van der Waals surface area contributed by atoms with E-state index in [0.29, 0.717) is 11.3 Å². The summed E-state index contributed by atoms with van der Waals surface area (Å²) in [5.41, 5.74) is 0.753. The number of anilines is 1. The van der Waals surface area contributed by atoms with Gasteiger partial charge in [0.1, 0.15) is 5.82 Å². The summed E-state index contributed by atoms with van der Waals surface area (Å²) in [5.74, 6) is -1.02. The molecule has 0 spiro atoms. The maximum Gasteiger partial charge on any atom is 0.270 e. The fourth-order valence-electron chi connectivity index (χ4n) is 2.64. The number of nitrogens with zero attached hydrogens (tertiary/aromatic N) is 1. The third kappa shape index (κ3) is 4.95. The normalized spacial score (nSPS) is 11.3. The molecular weight excluding hydrogens is 429 g/mol. The number of amides is 1. The number of sulfone groups is 1. The van der Waals surface area contributed by atoms with E-state index in [1.165, 1.54) is 24.3 Å². The van der Waals surface area contributed by atoms with Crippen LogP contribution in [0.1, 0.15) is 11.1 Å². The van der Waals surface area contributed by atoms with Gasteiger partial charge in [0.05, 0.1) is 16.8 Å². The van der Waals surface area contributed by atoms with E-state index < -0.39 is 32.0 Å². The van der Waals surface area contributed by atoms with Crippen molar-refractivity contribution in [2.24, 2.45) is 0 Å². The quantitative estimate of drug-likeness (QED) is 0.444.